The lowest BCUT2D eigenvalue weighted by Crippen LogP contribution is -2.14. The Labute approximate surface area is 197 Å². The summed E-state index contributed by atoms with van der Waals surface area (Å²) >= 11 is 0. The number of rotatable bonds is 8. The van der Waals surface area contributed by atoms with Gasteiger partial charge in [0, 0.05) is 50.2 Å². The van der Waals surface area contributed by atoms with Gasteiger partial charge in [0.05, 0.1) is 32.6 Å². The maximum Gasteiger partial charge on any atom is 0.271 e. The minimum atomic E-state index is -0.496. The fraction of sp³-hybridized carbons (Fsp3) is 0.364. The van der Waals surface area contributed by atoms with Crippen LogP contribution in [0.3, 0.4) is 0 Å². The first kappa shape index (κ1) is 27.8. The highest BCUT2D eigenvalue weighted by Crippen LogP contribution is 2.28. The molecule has 0 atom stereocenters. The molecule has 0 heterocycles. The van der Waals surface area contributed by atoms with E-state index in [1.807, 2.05) is 27.7 Å². The standard InChI is InChI=1S/2C11H15N3O3/c2*1-7(2)12-10-5-4-9(14(16)17)6-11(10)13-8(3)15/h2*4-7,12H,1-3H3,(H,13,15). The second-order valence-corrected chi connectivity index (χ2v) is 7.93. The van der Waals surface area contributed by atoms with E-state index in [0.717, 1.165) is 0 Å². The Kier molecular flexibility index (Phi) is 10.4. The molecule has 0 fully saturated rings. The topological polar surface area (TPSA) is 169 Å². The first-order chi connectivity index (χ1) is 15.8. The molecule has 0 unspecified atom stereocenters. The van der Waals surface area contributed by atoms with Gasteiger partial charge in [0.1, 0.15) is 0 Å². The van der Waals surface area contributed by atoms with Gasteiger partial charge in [0.2, 0.25) is 11.8 Å². The maximum absolute atomic E-state index is 11.0. The summed E-state index contributed by atoms with van der Waals surface area (Å²) in [6.07, 6.45) is 0. The molecule has 0 aliphatic carbocycles. The number of nitro benzene ring substituents is 2. The Morgan fingerprint density at radius 2 is 1.00 bits per heavy atom. The van der Waals surface area contributed by atoms with Crippen LogP contribution in [0.4, 0.5) is 34.1 Å². The monoisotopic (exact) mass is 474 g/mol. The van der Waals surface area contributed by atoms with Gasteiger partial charge in [0.25, 0.3) is 11.4 Å². The SMILES string of the molecule is CC(=O)Nc1cc([N+](=O)[O-])ccc1NC(C)C.CC(=O)Nc1cc([N+](=O)[O-])ccc1NC(C)C. The third-order valence-corrected chi connectivity index (χ3v) is 3.94. The molecule has 2 amide bonds. The van der Waals surface area contributed by atoms with Crippen LogP contribution >= 0.6 is 0 Å². The molecule has 0 aliphatic heterocycles. The lowest BCUT2D eigenvalue weighted by molar-refractivity contribution is -0.385. The van der Waals surface area contributed by atoms with Crippen LogP contribution in [-0.2, 0) is 9.59 Å². The molecule has 2 rings (SSSR count). The zero-order valence-electron chi connectivity index (χ0n) is 20.0. The fourth-order valence-electron chi connectivity index (χ4n) is 2.75. The molecule has 12 nitrogen and oxygen atoms in total. The van der Waals surface area contributed by atoms with Crippen molar-refractivity contribution in [3.05, 3.63) is 56.6 Å². The normalized spacial score (nSPS) is 10.1. The van der Waals surface area contributed by atoms with E-state index in [2.05, 4.69) is 21.3 Å². The summed E-state index contributed by atoms with van der Waals surface area (Å²) < 4.78 is 0. The van der Waals surface area contributed by atoms with Crippen molar-refractivity contribution in [2.75, 3.05) is 21.3 Å². The van der Waals surface area contributed by atoms with Crippen molar-refractivity contribution in [3.63, 3.8) is 0 Å². The average molecular weight is 475 g/mol. The number of carbonyl (C=O) groups excluding carboxylic acids is 2. The van der Waals surface area contributed by atoms with Crippen LogP contribution in [0.5, 0.6) is 0 Å². The minimum absolute atomic E-state index is 0.0527. The summed E-state index contributed by atoms with van der Waals surface area (Å²) in [4.78, 5) is 42.3. The van der Waals surface area contributed by atoms with Crippen LogP contribution in [0.15, 0.2) is 36.4 Å². The van der Waals surface area contributed by atoms with Crippen LogP contribution in [0, 0.1) is 20.2 Å². The Hall–Kier alpha value is -4.22. The fourth-order valence-corrected chi connectivity index (χ4v) is 2.75. The van der Waals surface area contributed by atoms with Gasteiger partial charge < -0.3 is 21.3 Å². The van der Waals surface area contributed by atoms with Crippen LogP contribution in [0.2, 0.25) is 0 Å². The number of nitro groups is 2. The highest BCUT2D eigenvalue weighted by Gasteiger charge is 2.13. The number of nitrogens with one attached hydrogen (secondary N) is 4. The van der Waals surface area contributed by atoms with Crippen molar-refractivity contribution in [3.8, 4) is 0 Å². The van der Waals surface area contributed by atoms with Crippen molar-refractivity contribution in [1.29, 1.82) is 0 Å². The molecule has 0 radical (unpaired) electrons. The van der Waals surface area contributed by atoms with Gasteiger partial charge in [-0.15, -0.1) is 0 Å². The quantitative estimate of drug-likeness (QED) is 0.314. The Bertz CT molecular complexity index is 971. The van der Waals surface area contributed by atoms with E-state index in [0.29, 0.717) is 22.7 Å². The van der Waals surface area contributed by atoms with Gasteiger partial charge in [-0.25, -0.2) is 0 Å². The number of anilines is 4. The highest BCUT2D eigenvalue weighted by atomic mass is 16.6. The third kappa shape index (κ3) is 9.51. The molecule has 0 saturated heterocycles. The van der Waals surface area contributed by atoms with Crippen LogP contribution in [0.25, 0.3) is 0 Å². The lowest BCUT2D eigenvalue weighted by atomic mass is 10.2. The smallest absolute Gasteiger partial charge is 0.271 e. The van der Waals surface area contributed by atoms with Gasteiger partial charge in [-0.05, 0) is 39.8 Å². The van der Waals surface area contributed by atoms with Crippen LogP contribution < -0.4 is 21.3 Å². The van der Waals surface area contributed by atoms with Gasteiger partial charge in [-0.2, -0.15) is 0 Å². The molecule has 0 aromatic heterocycles. The zero-order chi connectivity index (χ0) is 26.0. The number of carbonyl (C=O) groups is 2. The van der Waals surface area contributed by atoms with E-state index in [1.165, 1.54) is 38.1 Å². The summed E-state index contributed by atoms with van der Waals surface area (Å²) in [7, 11) is 0. The zero-order valence-corrected chi connectivity index (χ0v) is 20.0. The molecule has 4 N–H and O–H groups in total. The number of hydrogen-bond acceptors (Lipinski definition) is 8. The van der Waals surface area contributed by atoms with Crippen LogP contribution in [0.1, 0.15) is 41.5 Å². The molecular weight excluding hydrogens is 444 g/mol. The molecule has 0 aliphatic rings. The van der Waals surface area contributed by atoms with E-state index in [9.17, 15) is 29.8 Å². The van der Waals surface area contributed by atoms with E-state index >= 15 is 0 Å². The predicted molar refractivity (Wildman–Crippen MR) is 132 cm³/mol. The van der Waals surface area contributed by atoms with Crippen molar-refractivity contribution in [2.45, 2.75) is 53.6 Å². The van der Waals surface area contributed by atoms with Crippen molar-refractivity contribution in [2.24, 2.45) is 0 Å². The van der Waals surface area contributed by atoms with Crippen molar-refractivity contribution >= 4 is 45.9 Å². The van der Waals surface area contributed by atoms with E-state index in [-0.39, 0.29) is 35.3 Å². The molecule has 184 valence electrons. The third-order valence-electron chi connectivity index (χ3n) is 3.94. The Balaban J connectivity index is 0.000000340. The minimum Gasteiger partial charge on any atom is -0.381 e. The second kappa shape index (κ2) is 12.7. The number of amides is 2. The molecule has 12 heteroatoms. The van der Waals surface area contributed by atoms with Crippen molar-refractivity contribution < 1.29 is 19.4 Å². The number of nitrogens with zero attached hydrogens (tertiary/aromatic N) is 2. The molecule has 0 saturated carbocycles. The molecule has 0 bridgehead atoms. The van der Waals surface area contributed by atoms with Crippen molar-refractivity contribution in [1.82, 2.24) is 0 Å². The molecule has 2 aromatic rings. The number of non-ortho nitro benzene ring substituents is 2. The summed E-state index contributed by atoms with van der Waals surface area (Å²) in [5, 5.41) is 32.6. The Morgan fingerprint density at radius 3 is 1.24 bits per heavy atom. The first-order valence-corrected chi connectivity index (χ1v) is 10.4. The highest BCUT2D eigenvalue weighted by molar-refractivity contribution is 5.94. The molecule has 0 spiro atoms. The summed E-state index contributed by atoms with van der Waals surface area (Å²) in [5.74, 6) is -0.533. The predicted octanol–water partition coefficient (Wildman–Crippen LogP) is 4.75. The lowest BCUT2D eigenvalue weighted by Gasteiger charge is -2.14. The van der Waals surface area contributed by atoms with E-state index in [1.54, 1.807) is 12.1 Å². The average Bonchev–Trinajstić information content (AvgIpc) is 2.69. The van der Waals surface area contributed by atoms with Crippen LogP contribution in [-0.4, -0.2) is 33.7 Å². The maximum atomic E-state index is 11.0. The molecule has 2 aromatic carbocycles. The van der Waals surface area contributed by atoms with Gasteiger partial charge in [-0.1, -0.05) is 0 Å². The van der Waals surface area contributed by atoms with Gasteiger partial charge in [0.15, 0.2) is 0 Å². The van der Waals surface area contributed by atoms with Gasteiger partial charge >= 0.3 is 0 Å². The molecule has 34 heavy (non-hydrogen) atoms. The Morgan fingerprint density at radius 1 is 0.676 bits per heavy atom. The number of benzene rings is 2. The second-order valence-electron chi connectivity index (χ2n) is 7.93. The summed E-state index contributed by atoms with van der Waals surface area (Å²) in [5.41, 5.74) is 2.06. The largest absolute Gasteiger partial charge is 0.381 e. The van der Waals surface area contributed by atoms with E-state index in [4.69, 9.17) is 0 Å². The summed E-state index contributed by atoms with van der Waals surface area (Å²) in [6, 6.07) is 8.99. The first-order valence-electron chi connectivity index (χ1n) is 10.4. The van der Waals surface area contributed by atoms with E-state index < -0.39 is 9.85 Å². The molecular formula is C22H30N6O6. The number of hydrogen-bond donors (Lipinski definition) is 4. The van der Waals surface area contributed by atoms with Gasteiger partial charge in [-0.3, -0.25) is 29.8 Å². The summed E-state index contributed by atoms with van der Waals surface area (Å²) in [6.45, 7) is 10.5.